The van der Waals surface area contributed by atoms with Crippen LogP contribution in [0, 0.1) is 11.6 Å². The number of nitrogens with one attached hydrogen (secondary N) is 1. The van der Waals surface area contributed by atoms with Crippen LogP contribution in [0.1, 0.15) is 0 Å². The maximum Gasteiger partial charge on any atom is 0.147 e. The van der Waals surface area contributed by atoms with E-state index in [4.69, 9.17) is 4.74 Å². The van der Waals surface area contributed by atoms with E-state index in [2.05, 4.69) is 21.2 Å². The zero-order chi connectivity index (χ0) is 15.2. The molecule has 3 nitrogen and oxygen atoms in total. The molecule has 0 heterocycles. The summed E-state index contributed by atoms with van der Waals surface area (Å²) in [7, 11) is 0. The van der Waals surface area contributed by atoms with E-state index in [0.29, 0.717) is 15.9 Å². The summed E-state index contributed by atoms with van der Waals surface area (Å²) in [5.41, 5.74) is 0.305. The lowest BCUT2D eigenvalue weighted by Gasteiger charge is -2.14. The summed E-state index contributed by atoms with van der Waals surface area (Å²) in [6.45, 7) is 0.163. The number of aliphatic hydroxyl groups is 1. The number of hydrogen-bond acceptors (Lipinski definition) is 3. The van der Waals surface area contributed by atoms with Crippen LogP contribution in [0.3, 0.4) is 0 Å². The first-order chi connectivity index (χ1) is 10.0. The standard InChI is InChI=1S/C15H14BrF2NO2/c16-10-1-6-15(14(18)7-10)19-8-12(20)9-21-13-4-2-11(17)3-5-13/h1-7,12,19-20H,8-9H2. The molecule has 0 bridgehead atoms. The third-order valence-electron chi connectivity index (χ3n) is 2.72. The van der Waals surface area contributed by atoms with E-state index in [1.165, 1.54) is 30.3 Å². The lowest BCUT2D eigenvalue weighted by molar-refractivity contribution is 0.117. The number of rotatable bonds is 6. The second-order valence-electron chi connectivity index (χ2n) is 4.42. The summed E-state index contributed by atoms with van der Waals surface area (Å²) in [6, 6.07) is 10.1. The average Bonchev–Trinajstić information content (AvgIpc) is 2.46. The van der Waals surface area contributed by atoms with Crippen molar-refractivity contribution in [1.29, 1.82) is 0 Å². The maximum absolute atomic E-state index is 13.5. The van der Waals surface area contributed by atoms with Gasteiger partial charge in [0.2, 0.25) is 0 Å². The monoisotopic (exact) mass is 357 g/mol. The van der Waals surface area contributed by atoms with Gasteiger partial charge in [-0.3, -0.25) is 0 Å². The molecule has 2 aromatic carbocycles. The highest BCUT2D eigenvalue weighted by molar-refractivity contribution is 9.10. The Morgan fingerprint density at radius 2 is 1.86 bits per heavy atom. The summed E-state index contributed by atoms with van der Waals surface area (Å²) in [5, 5.41) is 12.6. The molecule has 0 saturated carbocycles. The van der Waals surface area contributed by atoms with E-state index in [1.54, 1.807) is 12.1 Å². The molecule has 0 saturated heterocycles. The van der Waals surface area contributed by atoms with Crippen LogP contribution in [0.25, 0.3) is 0 Å². The molecule has 0 radical (unpaired) electrons. The van der Waals surface area contributed by atoms with Gasteiger partial charge in [0.25, 0.3) is 0 Å². The summed E-state index contributed by atoms with van der Waals surface area (Å²) >= 11 is 3.17. The van der Waals surface area contributed by atoms with Gasteiger partial charge in [-0.2, -0.15) is 0 Å². The molecule has 0 aliphatic heterocycles. The van der Waals surface area contributed by atoms with Crippen LogP contribution < -0.4 is 10.1 Å². The molecule has 0 aliphatic carbocycles. The summed E-state index contributed by atoms with van der Waals surface area (Å²) in [6.07, 6.45) is -0.821. The van der Waals surface area contributed by atoms with Gasteiger partial charge in [0, 0.05) is 11.0 Å². The van der Waals surface area contributed by atoms with E-state index in [-0.39, 0.29) is 19.0 Å². The van der Waals surface area contributed by atoms with E-state index in [9.17, 15) is 13.9 Å². The minimum atomic E-state index is -0.821. The molecule has 21 heavy (non-hydrogen) atoms. The molecule has 2 rings (SSSR count). The Balaban J connectivity index is 1.79. The van der Waals surface area contributed by atoms with Crippen molar-refractivity contribution < 1.29 is 18.6 Å². The predicted octanol–water partition coefficient (Wildman–Crippen LogP) is 3.58. The van der Waals surface area contributed by atoms with E-state index >= 15 is 0 Å². The molecule has 0 fully saturated rings. The van der Waals surface area contributed by atoms with Gasteiger partial charge in [-0.25, -0.2) is 8.78 Å². The van der Waals surface area contributed by atoms with Crippen molar-refractivity contribution in [3.05, 3.63) is 58.6 Å². The fourth-order valence-electron chi connectivity index (χ4n) is 1.64. The highest BCUT2D eigenvalue weighted by Crippen LogP contribution is 2.19. The van der Waals surface area contributed by atoms with Crippen molar-refractivity contribution in [3.63, 3.8) is 0 Å². The minimum Gasteiger partial charge on any atom is -0.491 e. The molecular weight excluding hydrogens is 344 g/mol. The molecule has 2 N–H and O–H groups in total. The van der Waals surface area contributed by atoms with Gasteiger partial charge in [-0.15, -0.1) is 0 Å². The molecule has 0 aromatic heterocycles. The van der Waals surface area contributed by atoms with Crippen LogP contribution in [-0.4, -0.2) is 24.4 Å². The first kappa shape index (κ1) is 15.7. The average molecular weight is 358 g/mol. The van der Waals surface area contributed by atoms with Crippen molar-refractivity contribution in [2.45, 2.75) is 6.10 Å². The largest absolute Gasteiger partial charge is 0.491 e. The van der Waals surface area contributed by atoms with E-state index in [0.717, 1.165) is 0 Å². The molecule has 0 spiro atoms. The van der Waals surface area contributed by atoms with Gasteiger partial charge in [0.1, 0.15) is 30.1 Å². The SMILES string of the molecule is OC(CNc1ccc(Br)cc1F)COc1ccc(F)cc1. The third kappa shape index (κ3) is 4.99. The zero-order valence-electron chi connectivity index (χ0n) is 11.0. The van der Waals surface area contributed by atoms with Crippen molar-refractivity contribution >= 4 is 21.6 Å². The van der Waals surface area contributed by atoms with Gasteiger partial charge in [0.15, 0.2) is 0 Å². The van der Waals surface area contributed by atoms with Crippen LogP contribution >= 0.6 is 15.9 Å². The molecule has 0 aliphatic rings. The van der Waals surface area contributed by atoms with Crippen LogP contribution in [0.15, 0.2) is 46.9 Å². The van der Waals surface area contributed by atoms with Crippen molar-refractivity contribution in [2.24, 2.45) is 0 Å². The smallest absolute Gasteiger partial charge is 0.147 e. The number of benzene rings is 2. The Hall–Kier alpha value is -1.66. The molecule has 1 atom stereocenters. The second-order valence-corrected chi connectivity index (χ2v) is 5.34. The predicted molar refractivity (Wildman–Crippen MR) is 80.5 cm³/mol. The fourth-order valence-corrected chi connectivity index (χ4v) is 1.98. The summed E-state index contributed by atoms with van der Waals surface area (Å²) < 4.78 is 32.2. The quantitative estimate of drug-likeness (QED) is 0.830. The van der Waals surface area contributed by atoms with Crippen LogP contribution in [0.4, 0.5) is 14.5 Å². The summed E-state index contributed by atoms with van der Waals surface area (Å²) in [5.74, 6) is -0.295. The highest BCUT2D eigenvalue weighted by atomic mass is 79.9. The molecule has 1 unspecified atom stereocenters. The van der Waals surface area contributed by atoms with Crippen molar-refractivity contribution in [3.8, 4) is 5.75 Å². The topological polar surface area (TPSA) is 41.5 Å². The maximum atomic E-state index is 13.5. The second kappa shape index (κ2) is 7.38. The van der Waals surface area contributed by atoms with Crippen LogP contribution in [0.2, 0.25) is 0 Å². The Labute approximate surface area is 129 Å². The van der Waals surface area contributed by atoms with Gasteiger partial charge in [-0.1, -0.05) is 15.9 Å². The molecule has 112 valence electrons. The fraction of sp³-hybridized carbons (Fsp3) is 0.200. The Morgan fingerprint density at radius 1 is 1.14 bits per heavy atom. The Kier molecular flexibility index (Phi) is 5.52. The first-order valence-electron chi connectivity index (χ1n) is 6.30. The lowest BCUT2D eigenvalue weighted by atomic mass is 10.3. The minimum absolute atomic E-state index is 0.0246. The van der Waals surface area contributed by atoms with Gasteiger partial charge in [0.05, 0.1) is 5.69 Å². The van der Waals surface area contributed by atoms with Crippen molar-refractivity contribution in [1.82, 2.24) is 0 Å². The normalized spacial score (nSPS) is 12.0. The number of ether oxygens (including phenoxy) is 1. The third-order valence-corrected chi connectivity index (χ3v) is 3.21. The molecule has 6 heteroatoms. The van der Waals surface area contributed by atoms with E-state index < -0.39 is 11.9 Å². The van der Waals surface area contributed by atoms with Crippen LogP contribution in [-0.2, 0) is 0 Å². The zero-order valence-corrected chi connectivity index (χ0v) is 12.6. The summed E-state index contributed by atoms with van der Waals surface area (Å²) in [4.78, 5) is 0. The molecular formula is C15H14BrF2NO2. The Morgan fingerprint density at radius 3 is 2.52 bits per heavy atom. The molecule has 2 aromatic rings. The van der Waals surface area contributed by atoms with Crippen molar-refractivity contribution in [2.75, 3.05) is 18.5 Å². The number of halogens is 3. The number of anilines is 1. The first-order valence-corrected chi connectivity index (χ1v) is 7.09. The van der Waals surface area contributed by atoms with Gasteiger partial charge >= 0.3 is 0 Å². The Bertz CT molecular complexity index is 593. The highest BCUT2D eigenvalue weighted by Gasteiger charge is 2.08. The van der Waals surface area contributed by atoms with Gasteiger partial charge < -0.3 is 15.2 Å². The number of hydrogen-bond donors (Lipinski definition) is 2. The number of aliphatic hydroxyl groups excluding tert-OH is 1. The van der Waals surface area contributed by atoms with Gasteiger partial charge in [-0.05, 0) is 42.5 Å². The molecule has 0 amide bonds. The lowest BCUT2D eigenvalue weighted by Crippen LogP contribution is -2.26. The van der Waals surface area contributed by atoms with Crippen LogP contribution in [0.5, 0.6) is 5.75 Å². The van der Waals surface area contributed by atoms with E-state index in [1.807, 2.05) is 0 Å².